The second-order valence-corrected chi connectivity index (χ2v) is 6.72. The highest BCUT2D eigenvalue weighted by Gasteiger charge is 2.21. The molecule has 1 saturated carbocycles. The van der Waals surface area contributed by atoms with Crippen molar-refractivity contribution in [2.24, 2.45) is 5.92 Å². The summed E-state index contributed by atoms with van der Waals surface area (Å²) in [7, 11) is 0. The summed E-state index contributed by atoms with van der Waals surface area (Å²) in [4.78, 5) is 11.0. The van der Waals surface area contributed by atoms with Crippen LogP contribution in [0, 0.1) is 5.92 Å². The Morgan fingerprint density at radius 3 is 2.84 bits per heavy atom. The van der Waals surface area contributed by atoms with Crippen molar-refractivity contribution >= 4 is 12.0 Å². The van der Waals surface area contributed by atoms with Crippen molar-refractivity contribution in [3.05, 3.63) is 53.9 Å². The minimum absolute atomic E-state index is 0.00373. The number of rotatable bonds is 8. The van der Waals surface area contributed by atoms with E-state index in [0.717, 1.165) is 30.4 Å². The summed E-state index contributed by atoms with van der Waals surface area (Å²) in [6, 6.07) is 8.22. The second-order valence-electron chi connectivity index (χ2n) is 6.72. The largest absolute Gasteiger partial charge is 0.493 e. The summed E-state index contributed by atoms with van der Waals surface area (Å²) in [6.45, 7) is 5.02. The van der Waals surface area contributed by atoms with Crippen LogP contribution >= 0.6 is 0 Å². The van der Waals surface area contributed by atoms with E-state index in [-0.39, 0.29) is 11.9 Å². The number of nitrogens with zero attached hydrogens (tertiary/aromatic N) is 2. The van der Waals surface area contributed by atoms with Crippen LogP contribution in [0.15, 0.2) is 42.7 Å². The zero-order chi connectivity index (χ0) is 17.6. The summed E-state index contributed by atoms with van der Waals surface area (Å²) in [5.41, 5.74) is 2.20. The van der Waals surface area contributed by atoms with Gasteiger partial charge in [0.1, 0.15) is 5.75 Å². The molecule has 1 aromatic heterocycles. The molecule has 1 aromatic carbocycles. The highest BCUT2D eigenvalue weighted by atomic mass is 16.5. The molecule has 1 heterocycles. The lowest BCUT2D eigenvalue weighted by atomic mass is 10.2. The number of hydrogen-bond acceptors (Lipinski definition) is 3. The van der Waals surface area contributed by atoms with E-state index in [1.807, 2.05) is 48.3 Å². The van der Waals surface area contributed by atoms with Crippen LogP contribution in [0.25, 0.3) is 6.08 Å². The Kier molecular flexibility index (Phi) is 5.53. The van der Waals surface area contributed by atoms with Gasteiger partial charge in [0.25, 0.3) is 0 Å². The van der Waals surface area contributed by atoms with Gasteiger partial charge in [-0.1, -0.05) is 24.3 Å². The predicted octanol–water partition coefficient (Wildman–Crippen LogP) is 3.26. The number of nitrogens with one attached hydrogen (secondary N) is 1. The molecule has 132 valence electrons. The molecule has 0 aliphatic heterocycles. The van der Waals surface area contributed by atoms with E-state index in [9.17, 15) is 4.79 Å². The standard InChI is InChI=1S/C20H25N3O2/c1-15(22-16(2)24)3-4-19-11-21-23(13-19)12-17-7-9-20(10-8-17)25-14-18-5-6-18/h3-4,7-11,13,15,18H,5-6,12,14H2,1-2H3,(H,22,24)/b4-3+/t15-/m0/s1. The maximum Gasteiger partial charge on any atom is 0.217 e. The molecule has 2 aromatic rings. The molecule has 1 aliphatic rings. The van der Waals surface area contributed by atoms with Gasteiger partial charge in [-0.05, 0) is 43.4 Å². The van der Waals surface area contributed by atoms with E-state index in [1.165, 1.54) is 25.3 Å². The minimum atomic E-state index is -0.0302. The van der Waals surface area contributed by atoms with Crippen molar-refractivity contribution in [2.75, 3.05) is 6.61 Å². The van der Waals surface area contributed by atoms with Crippen LogP contribution < -0.4 is 10.1 Å². The van der Waals surface area contributed by atoms with Crippen LogP contribution in [0.2, 0.25) is 0 Å². The molecular formula is C20H25N3O2. The van der Waals surface area contributed by atoms with Crippen molar-refractivity contribution in [2.45, 2.75) is 39.3 Å². The molecule has 3 rings (SSSR count). The average Bonchev–Trinajstić information content (AvgIpc) is 3.30. The lowest BCUT2D eigenvalue weighted by Crippen LogP contribution is -2.28. The lowest BCUT2D eigenvalue weighted by Gasteiger charge is -2.07. The molecule has 5 heteroatoms. The molecule has 0 bridgehead atoms. The second kappa shape index (κ2) is 8.01. The van der Waals surface area contributed by atoms with Crippen LogP contribution in [0.4, 0.5) is 0 Å². The van der Waals surface area contributed by atoms with Gasteiger partial charge in [-0.3, -0.25) is 9.48 Å². The fourth-order valence-electron chi connectivity index (χ4n) is 2.55. The first-order valence-corrected chi connectivity index (χ1v) is 8.78. The van der Waals surface area contributed by atoms with E-state index < -0.39 is 0 Å². The van der Waals surface area contributed by atoms with Gasteiger partial charge >= 0.3 is 0 Å². The average molecular weight is 339 g/mol. The van der Waals surface area contributed by atoms with E-state index in [0.29, 0.717) is 0 Å². The van der Waals surface area contributed by atoms with Gasteiger partial charge in [0.15, 0.2) is 0 Å². The topological polar surface area (TPSA) is 56.2 Å². The third-order valence-electron chi connectivity index (χ3n) is 4.11. The molecule has 1 fully saturated rings. The summed E-state index contributed by atoms with van der Waals surface area (Å²) in [5, 5.41) is 7.21. The zero-order valence-electron chi connectivity index (χ0n) is 14.8. The number of ether oxygens (including phenoxy) is 1. The molecule has 5 nitrogen and oxygen atoms in total. The van der Waals surface area contributed by atoms with Gasteiger partial charge in [0, 0.05) is 24.7 Å². The Morgan fingerprint density at radius 1 is 1.40 bits per heavy atom. The Labute approximate surface area is 148 Å². The predicted molar refractivity (Wildman–Crippen MR) is 98.3 cm³/mol. The highest BCUT2D eigenvalue weighted by molar-refractivity contribution is 5.73. The van der Waals surface area contributed by atoms with Crippen LogP contribution in [0.1, 0.15) is 37.8 Å². The van der Waals surface area contributed by atoms with Crippen LogP contribution in [-0.2, 0) is 11.3 Å². The maximum atomic E-state index is 11.0. The van der Waals surface area contributed by atoms with Crippen LogP contribution in [0.3, 0.4) is 0 Å². The molecule has 25 heavy (non-hydrogen) atoms. The number of benzene rings is 1. The Morgan fingerprint density at radius 2 is 2.16 bits per heavy atom. The van der Waals surface area contributed by atoms with Gasteiger partial charge in [-0.2, -0.15) is 5.10 Å². The molecule has 0 unspecified atom stereocenters. The minimum Gasteiger partial charge on any atom is -0.493 e. The summed E-state index contributed by atoms with van der Waals surface area (Å²) in [5.74, 6) is 1.67. The molecule has 1 N–H and O–H groups in total. The SMILES string of the molecule is CC(=O)N[C@@H](C)/C=C/c1cnn(Cc2ccc(OCC3CC3)cc2)c1. The molecule has 0 spiro atoms. The molecule has 0 saturated heterocycles. The first-order valence-electron chi connectivity index (χ1n) is 8.78. The number of aromatic nitrogens is 2. The van der Waals surface area contributed by atoms with E-state index in [4.69, 9.17) is 4.74 Å². The monoisotopic (exact) mass is 339 g/mol. The third kappa shape index (κ3) is 5.78. The molecule has 1 amide bonds. The van der Waals surface area contributed by atoms with E-state index in [2.05, 4.69) is 22.5 Å². The first kappa shape index (κ1) is 17.3. The maximum absolute atomic E-state index is 11.0. The van der Waals surface area contributed by atoms with Gasteiger partial charge in [0.05, 0.1) is 19.3 Å². The highest BCUT2D eigenvalue weighted by Crippen LogP contribution is 2.29. The van der Waals surface area contributed by atoms with Crippen molar-refractivity contribution in [3.63, 3.8) is 0 Å². The zero-order valence-corrected chi connectivity index (χ0v) is 14.8. The Hall–Kier alpha value is -2.56. The van der Waals surface area contributed by atoms with Crippen molar-refractivity contribution < 1.29 is 9.53 Å². The quantitative estimate of drug-likeness (QED) is 0.803. The van der Waals surface area contributed by atoms with Crippen LogP contribution in [0.5, 0.6) is 5.75 Å². The van der Waals surface area contributed by atoms with Crippen molar-refractivity contribution in [1.29, 1.82) is 0 Å². The van der Waals surface area contributed by atoms with E-state index >= 15 is 0 Å². The number of amides is 1. The smallest absolute Gasteiger partial charge is 0.217 e. The fraction of sp³-hybridized carbons (Fsp3) is 0.400. The lowest BCUT2D eigenvalue weighted by molar-refractivity contribution is -0.119. The van der Waals surface area contributed by atoms with E-state index in [1.54, 1.807) is 0 Å². The van der Waals surface area contributed by atoms with Gasteiger partial charge in [0.2, 0.25) is 5.91 Å². The molecule has 1 aliphatic carbocycles. The third-order valence-corrected chi connectivity index (χ3v) is 4.11. The van der Waals surface area contributed by atoms with Crippen molar-refractivity contribution in [1.82, 2.24) is 15.1 Å². The Balaban J connectivity index is 1.51. The van der Waals surface area contributed by atoms with Crippen molar-refractivity contribution in [3.8, 4) is 5.75 Å². The van der Waals surface area contributed by atoms with Gasteiger partial charge in [-0.15, -0.1) is 0 Å². The number of hydrogen-bond donors (Lipinski definition) is 1. The van der Waals surface area contributed by atoms with Crippen LogP contribution in [-0.4, -0.2) is 28.3 Å². The molecule has 0 radical (unpaired) electrons. The first-order chi connectivity index (χ1) is 12.1. The van der Waals surface area contributed by atoms with Gasteiger partial charge < -0.3 is 10.1 Å². The summed E-state index contributed by atoms with van der Waals surface area (Å²) in [6.07, 6.45) is 10.3. The molecule has 1 atom stereocenters. The Bertz CT molecular complexity index is 730. The number of carbonyl (C=O) groups is 1. The van der Waals surface area contributed by atoms with Gasteiger partial charge in [-0.25, -0.2) is 0 Å². The summed E-state index contributed by atoms with van der Waals surface area (Å²) >= 11 is 0. The fourth-order valence-corrected chi connectivity index (χ4v) is 2.55. The summed E-state index contributed by atoms with van der Waals surface area (Å²) < 4.78 is 7.67. The molecular weight excluding hydrogens is 314 g/mol. The number of carbonyl (C=O) groups excluding carboxylic acids is 1. The normalized spacial score (nSPS) is 15.3.